The zero-order valence-electron chi connectivity index (χ0n) is 11.1. The van der Waals surface area contributed by atoms with Crippen LogP contribution in [0.25, 0.3) is 0 Å². The third-order valence-electron chi connectivity index (χ3n) is 3.31. The first-order valence-electron chi connectivity index (χ1n) is 6.13. The monoisotopic (exact) mass is 300 g/mol. The van der Waals surface area contributed by atoms with Gasteiger partial charge in [-0.3, -0.25) is 5.41 Å². The van der Waals surface area contributed by atoms with Gasteiger partial charge >= 0.3 is 0 Å². The SMILES string of the molecule is CS(=O)(=O)N1CCN(c2cccc(F)c2C(=N)N)CC1. The third kappa shape index (κ3) is 2.91. The van der Waals surface area contributed by atoms with Crippen molar-refractivity contribution in [2.75, 3.05) is 37.3 Å². The number of nitrogens with zero attached hydrogens (tertiary/aromatic N) is 2. The second kappa shape index (κ2) is 5.37. The van der Waals surface area contributed by atoms with E-state index in [2.05, 4.69) is 0 Å². The van der Waals surface area contributed by atoms with Crippen LogP contribution in [0.1, 0.15) is 5.56 Å². The number of anilines is 1. The number of amidine groups is 1. The first-order chi connectivity index (χ1) is 9.30. The fourth-order valence-electron chi connectivity index (χ4n) is 2.30. The lowest BCUT2D eigenvalue weighted by Gasteiger charge is -2.35. The van der Waals surface area contributed by atoms with Crippen molar-refractivity contribution in [2.45, 2.75) is 0 Å². The van der Waals surface area contributed by atoms with Crippen molar-refractivity contribution in [3.63, 3.8) is 0 Å². The Labute approximate surface area is 117 Å². The number of benzene rings is 1. The third-order valence-corrected chi connectivity index (χ3v) is 4.61. The van der Waals surface area contributed by atoms with Crippen LogP contribution in [0.4, 0.5) is 10.1 Å². The summed E-state index contributed by atoms with van der Waals surface area (Å²) in [5.41, 5.74) is 6.03. The van der Waals surface area contributed by atoms with Crippen LogP contribution in [0.2, 0.25) is 0 Å². The molecule has 1 aliphatic heterocycles. The Morgan fingerprint density at radius 1 is 1.30 bits per heavy atom. The summed E-state index contributed by atoms with van der Waals surface area (Å²) < 4.78 is 38.1. The molecular weight excluding hydrogens is 283 g/mol. The molecule has 0 saturated carbocycles. The van der Waals surface area contributed by atoms with Crippen LogP contribution in [-0.4, -0.2) is 51.0 Å². The quantitative estimate of drug-likeness (QED) is 0.616. The van der Waals surface area contributed by atoms with E-state index in [1.807, 2.05) is 4.90 Å². The van der Waals surface area contributed by atoms with Gasteiger partial charge in [0.25, 0.3) is 0 Å². The molecule has 0 aliphatic carbocycles. The molecule has 0 radical (unpaired) electrons. The number of nitrogens with one attached hydrogen (secondary N) is 1. The van der Waals surface area contributed by atoms with Gasteiger partial charge in [0.2, 0.25) is 10.0 Å². The highest BCUT2D eigenvalue weighted by atomic mass is 32.2. The molecule has 20 heavy (non-hydrogen) atoms. The summed E-state index contributed by atoms with van der Waals surface area (Å²) in [6, 6.07) is 4.50. The molecule has 0 atom stereocenters. The standard InChI is InChI=1S/C12H17FN4O2S/c1-20(18,19)17-7-5-16(6-8-17)10-4-2-3-9(13)11(10)12(14)15/h2-4H,5-8H2,1H3,(H3,14,15). The van der Waals surface area contributed by atoms with Crippen molar-refractivity contribution < 1.29 is 12.8 Å². The molecular formula is C12H17FN4O2S. The van der Waals surface area contributed by atoms with E-state index in [1.165, 1.54) is 16.6 Å². The van der Waals surface area contributed by atoms with E-state index in [4.69, 9.17) is 11.1 Å². The Balaban J connectivity index is 2.24. The largest absolute Gasteiger partial charge is 0.384 e. The van der Waals surface area contributed by atoms with Crippen molar-refractivity contribution in [1.82, 2.24) is 4.31 Å². The zero-order valence-corrected chi connectivity index (χ0v) is 12.0. The Morgan fingerprint density at radius 3 is 2.40 bits per heavy atom. The van der Waals surface area contributed by atoms with Gasteiger partial charge < -0.3 is 10.6 Å². The number of nitrogen functional groups attached to an aromatic ring is 1. The highest BCUT2D eigenvalue weighted by Gasteiger charge is 2.25. The van der Waals surface area contributed by atoms with Crippen LogP contribution in [0.15, 0.2) is 18.2 Å². The average molecular weight is 300 g/mol. The predicted molar refractivity (Wildman–Crippen MR) is 76.0 cm³/mol. The molecule has 3 N–H and O–H groups in total. The Morgan fingerprint density at radius 2 is 1.90 bits per heavy atom. The van der Waals surface area contributed by atoms with Crippen molar-refractivity contribution in [2.24, 2.45) is 5.73 Å². The maximum atomic E-state index is 13.8. The number of nitrogens with two attached hydrogens (primary N) is 1. The van der Waals surface area contributed by atoms with Crippen molar-refractivity contribution >= 4 is 21.5 Å². The second-order valence-corrected chi connectivity index (χ2v) is 6.68. The Bertz CT molecular complexity index is 624. The number of piperazine rings is 1. The minimum Gasteiger partial charge on any atom is -0.384 e. The van der Waals surface area contributed by atoms with Crippen molar-refractivity contribution in [3.05, 3.63) is 29.6 Å². The molecule has 6 nitrogen and oxygen atoms in total. The van der Waals surface area contributed by atoms with Crippen molar-refractivity contribution in [1.29, 1.82) is 5.41 Å². The molecule has 0 spiro atoms. The number of hydrogen-bond acceptors (Lipinski definition) is 4. The van der Waals surface area contributed by atoms with Gasteiger partial charge in [0, 0.05) is 26.2 Å². The summed E-state index contributed by atoms with van der Waals surface area (Å²) in [7, 11) is -3.20. The number of rotatable bonds is 3. The number of sulfonamides is 1. The maximum Gasteiger partial charge on any atom is 0.211 e. The van der Waals surface area contributed by atoms with Gasteiger partial charge in [-0.25, -0.2) is 12.8 Å². The van der Waals surface area contributed by atoms with E-state index in [9.17, 15) is 12.8 Å². The minimum atomic E-state index is -3.20. The van der Waals surface area contributed by atoms with E-state index in [-0.39, 0.29) is 11.4 Å². The van der Waals surface area contributed by atoms with Crippen molar-refractivity contribution in [3.8, 4) is 0 Å². The van der Waals surface area contributed by atoms with Gasteiger partial charge in [0.15, 0.2) is 0 Å². The fraction of sp³-hybridized carbons (Fsp3) is 0.417. The molecule has 0 aromatic heterocycles. The normalized spacial score (nSPS) is 17.2. The summed E-state index contributed by atoms with van der Waals surface area (Å²) in [4.78, 5) is 1.85. The maximum absolute atomic E-state index is 13.8. The first kappa shape index (κ1) is 14.7. The Hall–Kier alpha value is -1.67. The first-order valence-corrected chi connectivity index (χ1v) is 7.98. The fourth-order valence-corrected chi connectivity index (χ4v) is 3.13. The van der Waals surface area contributed by atoms with E-state index in [0.29, 0.717) is 31.9 Å². The summed E-state index contributed by atoms with van der Waals surface area (Å²) >= 11 is 0. The van der Waals surface area contributed by atoms with Gasteiger partial charge in [-0.2, -0.15) is 4.31 Å². The molecule has 110 valence electrons. The number of hydrogen-bond donors (Lipinski definition) is 2. The summed E-state index contributed by atoms with van der Waals surface area (Å²) in [6.45, 7) is 1.56. The molecule has 1 fully saturated rings. The second-order valence-electron chi connectivity index (χ2n) is 4.70. The summed E-state index contributed by atoms with van der Waals surface area (Å²) in [6.07, 6.45) is 1.17. The van der Waals surface area contributed by atoms with Gasteiger partial charge in [0.1, 0.15) is 11.7 Å². The molecule has 2 rings (SSSR count). The molecule has 1 aromatic carbocycles. The van der Waals surface area contributed by atoms with Gasteiger partial charge in [-0.1, -0.05) is 6.07 Å². The molecule has 1 heterocycles. The van der Waals surface area contributed by atoms with Gasteiger partial charge in [-0.05, 0) is 12.1 Å². The predicted octanol–water partition coefficient (Wildman–Crippen LogP) is 0.191. The highest BCUT2D eigenvalue weighted by Crippen LogP contribution is 2.24. The molecule has 8 heteroatoms. The molecule has 1 aromatic rings. The van der Waals surface area contributed by atoms with E-state index >= 15 is 0 Å². The summed E-state index contributed by atoms with van der Waals surface area (Å²) in [5.74, 6) is -0.871. The highest BCUT2D eigenvalue weighted by molar-refractivity contribution is 7.88. The minimum absolute atomic E-state index is 0.0697. The van der Waals surface area contributed by atoms with Crippen LogP contribution in [0.5, 0.6) is 0 Å². The van der Waals surface area contributed by atoms with Crippen LogP contribution in [0.3, 0.4) is 0 Å². The van der Waals surface area contributed by atoms with Crippen LogP contribution in [0, 0.1) is 11.2 Å². The molecule has 1 aliphatic rings. The Kier molecular flexibility index (Phi) is 3.96. The van der Waals surface area contributed by atoms with E-state index in [0.717, 1.165) is 0 Å². The molecule has 0 unspecified atom stereocenters. The zero-order chi connectivity index (χ0) is 14.9. The molecule has 1 saturated heterocycles. The van der Waals surface area contributed by atoms with E-state index < -0.39 is 15.8 Å². The van der Waals surface area contributed by atoms with Gasteiger partial charge in [0.05, 0.1) is 17.5 Å². The lowest BCUT2D eigenvalue weighted by Crippen LogP contribution is -2.48. The smallest absolute Gasteiger partial charge is 0.211 e. The van der Waals surface area contributed by atoms with Crippen LogP contribution >= 0.6 is 0 Å². The molecule has 0 amide bonds. The van der Waals surface area contributed by atoms with Crippen LogP contribution in [-0.2, 0) is 10.0 Å². The lowest BCUT2D eigenvalue weighted by molar-refractivity contribution is 0.388. The number of halogens is 1. The summed E-state index contributed by atoms with van der Waals surface area (Å²) in [5, 5.41) is 7.48. The molecule has 0 bridgehead atoms. The van der Waals surface area contributed by atoms with E-state index in [1.54, 1.807) is 12.1 Å². The topological polar surface area (TPSA) is 90.5 Å². The van der Waals surface area contributed by atoms with Crippen LogP contribution < -0.4 is 10.6 Å². The lowest BCUT2D eigenvalue weighted by atomic mass is 10.1. The van der Waals surface area contributed by atoms with Gasteiger partial charge in [-0.15, -0.1) is 0 Å². The average Bonchev–Trinajstić information content (AvgIpc) is 2.37.